The third-order valence-corrected chi connectivity index (χ3v) is 5.52. The molecule has 116 valence electrons. The van der Waals surface area contributed by atoms with Gasteiger partial charge in [-0.05, 0) is 23.9 Å². The van der Waals surface area contributed by atoms with Gasteiger partial charge in [-0.15, -0.1) is 21.5 Å². The van der Waals surface area contributed by atoms with Gasteiger partial charge in [0, 0.05) is 25.9 Å². The van der Waals surface area contributed by atoms with Crippen LogP contribution in [0.4, 0.5) is 0 Å². The highest BCUT2D eigenvalue weighted by Gasteiger charge is 2.48. The lowest BCUT2D eigenvalue weighted by Gasteiger charge is -2.18. The van der Waals surface area contributed by atoms with E-state index in [4.69, 9.17) is 9.15 Å². The van der Waals surface area contributed by atoms with Crippen LogP contribution in [0.25, 0.3) is 0 Å². The molecule has 3 atom stereocenters. The molecule has 2 saturated heterocycles. The fraction of sp³-hybridized carbons (Fsp3) is 0.533. The van der Waals surface area contributed by atoms with Gasteiger partial charge in [-0.2, -0.15) is 0 Å². The summed E-state index contributed by atoms with van der Waals surface area (Å²) < 4.78 is 11.4. The Hall–Kier alpha value is -1.73. The van der Waals surface area contributed by atoms with Crippen LogP contribution in [0.1, 0.15) is 32.9 Å². The molecule has 7 heteroatoms. The number of carbonyl (C=O) groups is 1. The first-order valence-electron chi connectivity index (χ1n) is 7.38. The lowest BCUT2D eigenvalue weighted by atomic mass is 9.93. The van der Waals surface area contributed by atoms with Crippen LogP contribution in [0, 0.1) is 19.8 Å². The number of aromatic nitrogens is 2. The minimum Gasteiger partial charge on any atom is -0.425 e. The summed E-state index contributed by atoms with van der Waals surface area (Å²) in [5.74, 6) is 1.63. The van der Waals surface area contributed by atoms with Crippen LogP contribution in [0.5, 0.6) is 0 Å². The summed E-state index contributed by atoms with van der Waals surface area (Å²) in [6, 6.07) is 1.98. The molecule has 1 amide bonds. The standard InChI is InChI=1S/C15H17N3O3S/c1-8-3-4-22-13(8)15(19)18-5-10-11(7-20-12(10)6-18)14-17-16-9(2)21-14/h3-4,10-12H,5-7H2,1-2H3/t10-,11+,12-/m1/s1. The van der Waals surface area contributed by atoms with Gasteiger partial charge in [0.15, 0.2) is 0 Å². The number of amides is 1. The van der Waals surface area contributed by atoms with Crippen molar-refractivity contribution in [1.29, 1.82) is 0 Å². The first-order chi connectivity index (χ1) is 10.6. The molecule has 2 fully saturated rings. The number of ether oxygens (including phenoxy) is 1. The van der Waals surface area contributed by atoms with E-state index in [1.807, 2.05) is 23.3 Å². The maximum Gasteiger partial charge on any atom is 0.264 e. The molecule has 0 aromatic carbocycles. The first kappa shape index (κ1) is 13.9. The van der Waals surface area contributed by atoms with Crippen molar-refractivity contribution in [3.63, 3.8) is 0 Å². The third kappa shape index (κ3) is 2.16. The van der Waals surface area contributed by atoms with Crippen molar-refractivity contribution in [3.8, 4) is 0 Å². The van der Waals surface area contributed by atoms with Gasteiger partial charge < -0.3 is 14.1 Å². The molecule has 0 aliphatic carbocycles. The first-order valence-corrected chi connectivity index (χ1v) is 8.26. The maximum absolute atomic E-state index is 12.6. The molecule has 0 spiro atoms. The van der Waals surface area contributed by atoms with E-state index in [9.17, 15) is 4.79 Å². The number of fused-ring (bicyclic) bond motifs is 1. The molecule has 0 unspecified atom stereocenters. The highest BCUT2D eigenvalue weighted by molar-refractivity contribution is 7.12. The highest BCUT2D eigenvalue weighted by Crippen LogP contribution is 2.40. The van der Waals surface area contributed by atoms with Gasteiger partial charge in [-0.25, -0.2) is 0 Å². The average molecular weight is 319 g/mol. The van der Waals surface area contributed by atoms with E-state index in [0.717, 1.165) is 10.4 Å². The summed E-state index contributed by atoms with van der Waals surface area (Å²) in [5, 5.41) is 9.98. The Morgan fingerprint density at radius 3 is 2.91 bits per heavy atom. The summed E-state index contributed by atoms with van der Waals surface area (Å²) in [4.78, 5) is 15.4. The Labute approximate surface area is 132 Å². The van der Waals surface area contributed by atoms with Gasteiger partial charge in [-0.1, -0.05) is 0 Å². The monoisotopic (exact) mass is 319 g/mol. The zero-order chi connectivity index (χ0) is 15.3. The van der Waals surface area contributed by atoms with Gasteiger partial charge in [0.2, 0.25) is 11.8 Å². The molecule has 0 N–H and O–H groups in total. The van der Waals surface area contributed by atoms with Gasteiger partial charge in [0.05, 0.1) is 23.5 Å². The largest absolute Gasteiger partial charge is 0.425 e. The highest BCUT2D eigenvalue weighted by atomic mass is 32.1. The molecule has 2 aromatic heterocycles. The number of hydrogen-bond acceptors (Lipinski definition) is 6. The van der Waals surface area contributed by atoms with Crippen LogP contribution >= 0.6 is 11.3 Å². The second-order valence-electron chi connectivity index (χ2n) is 5.94. The number of aryl methyl sites for hydroxylation is 2. The lowest BCUT2D eigenvalue weighted by molar-refractivity contribution is 0.0690. The van der Waals surface area contributed by atoms with Crippen molar-refractivity contribution in [2.45, 2.75) is 25.9 Å². The number of rotatable bonds is 2. The van der Waals surface area contributed by atoms with Crippen molar-refractivity contribution in [3.05, 3.63) is 33.7 Å². The Balaban J connectivity index is 1.52. The molecule has 22 heavy (non-hydrogen) atoms. The van der Waals surface area contributed by atoms with Crippen LogP contribution in [-0.2, 0) is 4.74 Å². The zero-order valence-corrected chi connectivity index (χ0v) is 13.3. The molecule has 0 saturated carbocycles. The van der Waals surface area contributed by atoms with Gasteiger partial charge in [0.25, 0.3) is 5.91 Å². The Kier molecular flexibility index (Phi) is 3.27. The zero-order valence-electron chi connectivity index (χ0n) is 12.5. The van der Waals surface area contributed by atoms with E-state index in [-0.39, 0.29) is 23.8 Å². The molecule has 2 aliphatic heterocycles. The molecule has 4 rings (SSSR count). The van der Waals surface area contributed by atoms with Crippen LogP contribution in [0.15, 0.2) is 15.9 Å². The van der Waals surface area contributed by atoms with E-state index in [0.29, 0.717) is 31.5 Å². The predicted octanol–water partition coefficient (Wildman–Crippen LogP) is 2.00. The van der Waals surface area contributed by atoms with E-state index < -0.39 is 0 Å². The van der Waals surface area contributed by atoms with Crippen LogP contribution in [0.3, 0.4) is 0 Å². The molecule has 4 heterocycles. The molecular formula is C15H17N3O3S. The molecule has 0 radical (unpaired) electrons. The maximum atomic E-state index is 12.6. The number of likely N-dealkylation sites (tertiary alicyclic amines) is 1. The van der Waals surface area contributed by atoms with Crippen molar-refractivity contribution in [2.75, 3.05) is 19.7 Å². The van der Waals surface area contributed by atoms with Crippen molar-refractivity contribution >= 4 is 17.2 Å². The van der Waals surface area contributed by atoms with Crippen LogP contribution in [0.2, 0.25) is 0 Å². The fourth-order valence-corrected chi connectivity index (χ4v) is 4.22. The van der Waals surface area contributed by atoms with Crippen molar-refractivity contribution in [2.24, 2.45) is 5.92 Å². The van der Waals surface area contributed by atoms with E-state index in [2.05, 4.69) is 10.2 Å². The van der Waals surface area contributed by atoms with Gasteiger partial charge in [-0.3, -0.25) is 4.79 Å². The van der Waals surface area contributed by atoms with E-state index >= 15 is 0 Å². The number of nitrogens with zero attached hydrogens (tertiary/aromatic N) is 3. The lowest BCUT2D eigenvalue weighted by Crippen LogP contribution is -2.30. The predicted molar refractivity (Wildman–Crippen MR) is 80.0 cm³/mol. The second kappa shape index (κ2) is 5.17. The molecule has 2 aromatic rings. The minimum atomic E-state index is 0.0708. The fourth-order valence-electron chi connectivity index (χ4n) is 3.33. The smallest absolute Gasteiger partial charge is 0.264 e. The SMILES string of the molecule is Cc1nnc([C@H]2CO[C@@H]3CN(C(=O)c4sccc4C)C[C@H]23)o1. The second-order valence-corrected chi connectivity index (χ2v) is 6.86. The Morgan fingerprint density at radius 2 is 2.23 bits per heavy atom. The van der Waals surface area contributed by atoms with Crippen LogP contribution < -0.4 is 0 Å². The summed E-state index contributed by atoms with van der Waals surface area (Å²) >= 11 is 1.50. The topological polar surface area (TPSA) is 68.5 Å². The van der Waals surface area contributed by atoms with E-state index in [1.165, 1.54) is 11.3 Å². The third-order valence-electron chi connectivity index (χ3n) is 4.52. The molecular weight excluding hydrogens is 302 g/mol. The minimum absolute atomic E-state index is 0.0708. The number of thiophene rings is 1. The summed E-state index contributed by atoms with van der Waals surface area (Å²) in [6.45, 7) is 5.68. The normalized spacial score (nSPS) is 27.4. The van der Waals surface area contributed by atoms with Crippen molar-refractivity contribution in [1.82, 2.24) is 15.1 Å². The molecule has 2 aliphatic rings. The molecule has 0 bridgehead atoms. The summed E-state index contributed by atoms with van der Waals surface area (Å²) in [7, 11) is 0. The van der Waals surface area contributed by atoms with Crippen molar-refractivity contribution < 1.29 is 13.9 Å². The van der Waals surface area contributed by atoms with E-state index in [1.54, 1.807) is 6.92 Å². The summed E-state index contributed by atoms with van der Waals surface area (Å²) in [5.41, 5.74) is 1.04. The van der Waals surface area contributed by atoms with Gasteiger partial charge >= 0.3 is 0 Å². The number of carbonyl (C=O) groups excluding carboxylic acids is 1. The molecule has 6 nitrogen and oxygen atoms in total. The quantitative estimate of drug-likeness (QED) is 0.847. The van der Waals surface area contributed by atoms with Crippen LogP contribution in [-0.4, -0.2) is 46.8 Å². The Bertz CT molecular complexity index is 710. The Morgan fingerprint density at radius 1 is 1.36 bits per heavy atom. The van der Waals surface area contributed by atoms with Gasteiger partial charge in [0.1, 0.15) is 0 Å². The summed E-state index contributed by atoms with van der Waals surface area (Å²) in [6.07, 6.45) is 0.0708. The average Bonchev–Trinajstić information content (AvgIpc) is 3.21. The number of hydrogen-bond donors (Lipinski definition) is 0.